The van der Waals surface area contributed by atoms with Crippen LogP contribution in [0.1, 0.15) is 42.5 Å². The lowest BCUT2D eigenvalue weighted by molar-refractivity contribution is -0.127. The van der Waals surface area contributed by atoms with Gasteiger partial charge in [0.15, 0.2) is 6.10 Å². The van der Waals surface area contributed by atoms with E-state index in [9.17, 15) is 4.79 Å². The van der Waals surface area contributed by atoms with Crippen LogP contribution in [0, 0.1) is 13.8 Å². The number of methoxy groups -OCH3 is 1. The maximum Gasteiger partial charge on any atom is 0.260 e. The van der Waals surface area contributed by atoms with Crippen molar-refractivity contribution in [3.63, 3.8) is 0 Å². The van der Waals surface area contributed by atoms with E-state index in [1.807, 2.05) is 38.1 Å². The summed E-state index contributed by atoms with van der Waals surface area (Å²) in [6.45, 7) is 8.26. The van der Waals surface area contributed by atoms with Gasteiger partial charge in [0, 0.05) is 11.6 Å². The lowest BCUT2D eigenvalue weighted by Crippen LogP contribution is -2.42. The van der Waals surface area contributed by atoms with Crippen molar-refractivity contribution >= 4 is 17.5 Å². The summed E-state index contributed by atoms with van der Waals surface area (Å²) in [6, 6.07) is 12.0. The van der Waals surface area contributed by atoms with Gasteiger partial charge in [-0.05, 0) is 87.7 Å². The van der Waals surface area contributed by atoms with Gasteiger partial charge in [0.1, 0.15) is 11.5 Å². The van der Waals surface area contributed by atoms with Crippen LogP contribution in [0.4, 0.5) is 0 Å². The molecule has 6 heteroatoms. The van der Waals surface area contributed by atoms with Gasteiger partial charge >= 0.3 is 0 Å². The van der Waals surface area contributed by atoms with Crippen molar-refractivity contribution in [2.75, 3.05) is 26.7 Å². The predicted molar refractivity (Wildman–Crippen MR) is 121 cm³/mol. The standard InChI is InChI=1S/C24H31ClN2O3/c1-16-13-21(14-17(2)23(16)25)30-18(3)24(28)26-15-22(27-11-5-6-12-27)19-7-9-20(29-4)10-8-19/h7-10,13-14,18,22H,5-6,11-12,15H2,1-4H3,(H,26,28)/t18-,22+/m0/s1. The van der Waals surface area contributed by atoms with Crippen LogP contribution in [0.2, 0.25) is 5.02 Å². The smallest absolute Gasteiger partial charge is 0.260 e. The third-order valence-electron chi connectivity index (χ3n) is 5.64. The van der Waals surface area contributed by atoms with Crippen LogP contribution in [0.15, 0.2) is 36.4 Å². The second kappa shape index (κ2) is 10.2. The van der Waals surface area contributed by atoms with Gasteiger partial charge in [-0.25, -0.2) is 0 Å². The lowest BCUT2D eigenvalue weighted by Gasteiger charge is -2.29. The molecule has 30 heavy (non-hydrogen) atoms. The Balaban J connectivity index is 1.64. The van der Waals surface area contributed by atoms with Crippen LogP contribution in [-0.4, -0.2) is 43.7 Å². The van der Waals surface area contributed by atoms with Crippen molar-refractivity contribution in [3.05, 3.63) is 58.1 Å². The Hall–Kier alpha value is -2.24. The molecule has 2 aromatic carbocycles. The molecule has 1 aliphatic rings. The van der Waals surface area contributed by atoms with Gasteiger partial charge in [0.2, 0.25) is 0 Å². The van der Waals surface area contributed by atoms with Gasteiger partial charge in [-0.3, -0.25) is 9.69 Å². The molecule has 1 fully saturated rings. The summed E-state index contributed by atoms with van der Waals surface area (Å²) >= 11 is 6.23. The molecule has 0 aromatic heterocycles. The van der Waals surface area contributed by atoms with E-state index in [0.29, 0.717) is 12.3 Å². The molecule has 1 N–H and O–H groups in total. The number of hydrogen-bond donors (Lipinski definition) is 1. The van der Waals surface area contributed by atoms with E-state index in [1.54, 1.807) is 14.0 Å². The molecule has 1 heterocycles. The van der Waals surface area contributed by atoms with Crippen LogP contribution in [0.5, 0.6) is 11.5 Å². The van der Waals surface area contributed by atoms with Crippen LogP contribution in [0.3, 0.4) is 0 Å². The van der Waals surface area contributed by atoms with Gasteiger partial charge < -0.3 is 14.8 Å². The van der Waals surface area contributed by atoms with E-state index in [0.717, 1.165) is 35.0 Å². The highest BCUT2D eigenvalue weighted by Crippen LogP contribution is 2.28. The molecule has 0 bridgehead atoms. The Bertz CT molecular complexity index is 840. The first-order valence-electron chi connectivity index (χ1n) is 10.5. The Morgan fingerprint density at radius 2 is 1.70 bits per heavy atom. The van der Waals surface area contributed by atoms with E-state index >= 15 is 0 Å². The highest BCUT2D eigenvalue weighted by atomic mass is 35.5. The predicted octanol–water partition coefficient (Wildman–Crippen LogP) is 4.69. The van der Waals surface area contributed by atoms with Gasteiger partial charge in [-0.2, -0.15) is 0 Å². The summed E-state index contributed by atoms with van der Waals surface area (Å²) in [5, 5.41) is 3.81. The average molecular weight is 431 g/mol. The number of nitrogens with one attached hydrogen (secondary N) is 1. The topological polar surface area (TPSA) is 50.8 Å². The van der Waals surface area contributed by atoms with Gasteiger partial charge in [-0.15, -0.1) is 0 Å². The number of carbonyl (C=O) groups is 1. The Kier molecular flexibility index (Phi) is 7.62. The summed E-state index contributed by atoms with van der Waals surface area (Å²) in [6.07, 6.45) is 1.78. The highest BCUT2D eigenvalue weighted by Gasteiger charge is 2.25. The second-order valence-electron chi connectivity index (χ2n) is 7.91. The maximum atomic E-state index is 12.7. The SMILES string of the molecule is COc1ccc([C@@H](CNC(=O)[C@H](C)Oc2cc(C)c(Cl)c(C)c2)N2CCCC2)cc1. The molecule has 3 rings (SSSR count). The largest absolute Gasteiger partial charge is 0.497 e. The summed E-state index contributed by atoms with van der Waals surface area (Å²) in [7, 11) is 1.66. The Morgan fingerprint density at radius 3 is 2.27 bits per heavy atom. The summed E-state index contributed by atoms with van der Waals surface area (Å²) in [5.74, 6) is 1.36. The normalized spacial score (nSPS) is 16.2. The number of benzene rings is 2. The van der Waals surface area contributed by atoms with Crippen LogP contribution >= 0.6 is 11.6 Å². The number of hydrogen-bond acceptors (Lipinski definition) is 4. The molecule has 5 nitrogen and oxygen atoms in total. The summed E-state index contributed by atoms with van der Waals surface area (Å²) < 4.78 is 11.2. The minimum atomic E-state index is -0.597. The average Bonchev–Trinajstić information content (AvgIpc) is 3.27. The van der Waals surface area contributed by atoms with Gasteiger partial charge in [0.05, 0.1) is 13.2 Å². The highest BCUT2D eigenvalue weighted by molar-refractivity contribution is 6.32. The molecule has 1 aliphatic heterocycles. The zero-order valence-corrected chi connectivity index (χ0v) is 19.0. The molecule has 0 radical (unpaired) electrons. The summed E-state index contributed by atoms with van der Waals surface area (Å²) in [4.78, 5) is 15.2. The molecule has 2 aromatic rings. The number of rotatable bonds is 8. The quantitative estimate of drug-likeness (QED) is 0.660. The molecular weight excluding hydrogens is 400 g/mol. The number of aryl methyl sites for hydroxylation is 2. The van der Waals surface area contributed by atoms with E-state index in [-0.39, 0.29) is 11.9 Å². The zero-order chi connectivity index (χ0) is 21.7. The van der Waals surface area contributed by atoms with E-state index in [4.69, 9.17) is 21.1 Å². The number of amides is 1. The van der Waals surface area contributed by atoms with E-state index in [1.165, 1.54) is 18.4 Å². The fourth-order valence-electron chi connectivity index (χ4n) is 3.91. The molecule has 0 saturated carbocycles. The van der Waals surface area contributed by atoms with Crippen molar-refractivity contribution in [1.29, 1.82) is 0 Å². The first kappa shape index (κ1) is 22.4. The molecule has 1 amide bonds. The van der Waals surface area contributed by atoms with E-state index in [2.05, 4.69) is 22.3 Å². The van der Waals surface area contributed by atoms with Crippen molar-refractivity contribution in [1.82, 2.24) is 10.2 Å². The van der Waals surface area contributed by atoms with Crippen LogP contribution in [-0.2, 0) is 4.79 Å². The van der Waals surface area contributed by atoms with Crippen LogP contribution < -0.4 is 14.8 Å². The second-order valence-corrected chi connectivity index (χ2v) is 8.29. The number of carbonyl (C=O) groups excluding carboxylic acids is 1. The number of halogens is 1. The molecule has 0 aliphatic carbocycles. The fraction of sp³-hybridized carbons (Fsp3) is 0.458. The molecule has 2 atom stereocenters. The van der Waals surface area contributed by atoms with Gasteiger partial charge in [0.25, 0.3) is 5.91 Å². The first-order chi connectivity index (χ1) is 14.4. The Morgan fingerprint density at radius 1 is 1.10 bits per heavy atom. The van der Waals surface area contributed by atoms with Crippen molar-refractivity contribution in [2.45, 2.75) is 45.8 Å². The zero-order valence-electron chi connectivity index (χ0n) is 18.2. The van der Waals surface area contributed by atoms with Crippen molar-refractivity contribution < 1.29 is 14.3 Å². The van der Waals surface area contributed by atoms with E-state index < -0.39 is 6.10 Å². The van der Waals surface area contributed by atoms with Crippen molar-refractivity contribution in [3.8, 4) is 11.5 Å². The first-order valence-corrected chi connectivity index (χ1v) is 10.9. The minimum absolute atomic E-state index is 0.127. The number of nitrogens with zero attached hydrogens (tertiary/aromatic N) is 1. The monoisotopic (exact) mass is 430 g/mol. The third-order valence-corrected chi connectivity index (χ3v) is 6.24. The minimum Gasteiger partial charge on any atom is -0.497 e. The third kappa shape index (κ3) is 5.46. The van der Waals surface area contributed by atoms with Gasteiger partial charge in [-0.1, -0.05) is 23.7 Å². The number of likely N-dealkylation sites (tertiary alicyclic amines) is 1. The number of ether oxygens (including phenoxy) is 2. The lowest BCUT2D eigenvalue weighted by atomic mass is 10.1. The van der Waals surface area contributed by atoms with Crippen molar-refractivity contribution in [2.24, 2.45) is 0 Å². The summed E-state index contributed by atoms with van der Waals surface area (Å²) in [5.41, 5.74) is 3.05. The molecular formula is C24H31ClN2O3. The molecule has 162 valence electrons. The van der Waals surface area contributed by atoms with Crippen LogP contribution in [0.25, 0.3) is 0 Å². The Labute approximate surface area is 184 Å². The fourth-order valence-corrected chi connectivity index (χ4v) is 4.02. The maximum absolute atomic E-state index is 12.7. The molecule has 0 unspecified atom stereocenters. The molecule has 1 saturated heterocycles. The molecule has 0 spiro atoms.